The summed E-state index contributed by atoms with van der Waals surface area (Å²) < 4.78 is 5.57. The molecule has 3 rings (SSSR count). The lowest BCUT2D eigenvalue weighted by atomic mass is 10.1. The first-order chi connectivity index (χ1) is 7.65. The fraction of sp³-hybridized carbons (Fsp3) is 0.417. The summed E-state index contributed by atoms with van der Waals surface area (Å²) >= 11 is 0. The Kier molecular flexibility index (Phi) is 1.87. The number of aromatic nitrogens is 1. The Balaban J connectivity index is 1.82. The van der Waals surface area contributed by atoms with Crippen molar-refractivity contribution in [3.05, 3.63) is 18.2 Å². The minimum Gasteiger partial charge on any atom is -0.423 e. The molecule has 1 aromatic heterocycles. The lowest BCUT2D eigenvalue weighted by Crippen LogP contribution is -2.11. The first kappa shape index (κ1) is 9.51. The fourth-order valence-electron chi connectivity index (χ4n) is 1.70. The second-order valence-corrected chi connectivity index (χ2v) is 4.91. The van der Waals surface area contributed by atoms with Gasteiger partial charge in [0, 0.05) is 18.3 Å². The predicted molar refractivity (Wildman–Crippen MR) is 64.3 cm³/mol. The van der Waals surface area contributed by atoms with E-state index in [1.165, 1.54) is 12.8 Å². The van der Waals surface area contributed by atoms with Crippen LogP contribution >= 0.6 is 0 Å². The number of oxazole rings is 1. The molecule has 16 heavy (non-hydrogen) atoms. The first-order valence-corrected chi connectivity index (χ1v) is 5.55. The van der Waals surface area contributed by atoms with Crippen LogP contribution in [0, 0.1) is 5.41 Å². The van der Waals surface area contributed by atoms with E-state index in [2.05, 4.69) is 17.2 Å². The normalized spacial score (nSPS) is 17.6. The van der Waals surface area contributed by atoms with Crippen LogP contribution in [0.25, 0.3) is 11.1 Å². The molecule has 0 atom stereocenters. The van der Waals surface area contributed by atoms with Crippen molar-refractivity contribution in [3.63, 3.8) is 0 Å². The number of nitrogens with one attached hydrogen (secondary N) is 1. The lowest BCUT2D eigenvalue weighted by molar-refractivity contribution is 0.568. The topological polar surface area (TPSA) is 64.1 Å². The van der Waals surface area contributed by atoms with Gasteiger partial charge in [-0.05, 0) is 30.4 Å². The third kappa shape index (κ3) is 1.71. The second-order valence-electron chi connectivity index (χ2n) is 4.91. The van der Waals surface area contributed by atoms with Gasteiger partial charge in [0.25, 0.3) is 6.01 Å². The van der Waals surface area contributed by atoms with E-state index < -0.39 is 0 Å². The Morgan fingerprint density at radius 2 is 2.31 bits per heavy atom. The summed E-state index contributed by atoms with van der Waals surface area (Å²) in [5.41, 5.74) is 8.41. The number of hydrogen-bond donors (Lipinski definition) is 2. The summed E-state index contributed by atoms with van der Waals surface area (Å²) in [7, 11) is 0. The molecule has 3 N–H and O–H groups in total. The van der Waals surface area contributed by atoms with E-state index in [4.69, 9.17) is 10.2 Å². The molecule has 0 spiro atoms. The molecular weight excluding hydrogens is 202 g/mol. The molecule has 1 heterocycles. The number of nitrogens with zero attached hydrogens (tertiary/aromatic N) is 1. The second kappa shape index (κ2) is 3.14. The molecule has 2 aromatic rings. The number of benzene rings is 1. The summed E-state index contributed by atoms with van der Waals surface area (Å²) in [5.74, 6) is 0. The maximum atomic E-state index is 5.68. The van der Waals surface area contributed by atoms with Crippen LogP contribution in [0.4, 0.5) is 11.7 Å². The largest absolute Gasteiger partial charge is 0.423 e. The van der Waals surface area contributed by atoms with Gasteiger partial charge in [0.05, 0.1) is 0 Å². The molecule has 1 aliphatic rings. The van der Waals surface area contributed by atoms with E-state index >= 15 is 0 Å². The molecule has 0 unspecified atom stereocenters. The van der Waals surface area contributed by atoms with Crippen LogP contribution in [0.2, 0.25) is 0 Å². The molecule has 4 heteroatoms. The molecule has 4 nitrogen and oxygen atoms in total. The Labute approximate surface area is 93.8 Å². The van der Waals surface area contributed by atoms with Gasteiger partial charge in [-0.25, -0.2) is 0 Å². The zero-order valence-corrected chi connectivity index (χ0v) is 9.29. The van der Waals surface area contributed by atoms with Gasteiger partial charge in [0.15, 0.2) is 5.58 Å². The highest BCUT2D eigenvalue weighted by molar-refractivity contribution is 5.78. The molecule has 0 amide bonds. The molecule has 1 aromatic carbocycles. The van der Waals surface area contributed by atoms with Crippen molar-refractivity contribution in [2.24, 2.45) is 5.41 Å². The Morgan fingerprint density at radius 3 is 3.06 bits per heavy atom. The van der Waals surface area contributed by atoms with Gasteiger partial charge in [-0.15, -0.1) is 0 Å². The van der Waals surface area contributed by atoms with Gasteiger partial charge in [0.2, 0.25) is 0 Å². The SMILES string of the molecule is CC1(CNc2nc3ccc(N)cc3o2)CC1. The molecule has 0 bridgehead atoms. The number of nitrogen functional groups attached to an aromatic ring is 1. The standard InChI is InChI=1S/C12H15N3O/c1-12(4-5-12)7-14-11-15-9-3-2-8(13)6-10(9)16-11/h2-3,6H,4-5,7,13H2,1H3,(H,14,15). The zero-order chi connectivity index (χ0) is 11.2. The molecule has 1 fully saturated rings. The van der Waals surface area contributed by atoms with Crippen LogP contribution in [0.15, 0.2) is 22.6 Å². The van der Waals surface area contributed by atoms with Gasteiger partial charge in [-0.2, -0.15) is 4.98 Å². The average molecular weight is 217 g/mol. The van der Waals surface area contributed by atoms with Crippen LogP contribution in [0.3, 0.4) is 0 Å². The van der Waals surface area contributed by atoms with E-state index in [1.54, 1.807) is 6.07 Å². The Morgan fingerprint density at radius 1 is 1.50 bits per heavy atom. The average Bonchev–Trinajstić information content (AvgIpc) is 2.85. The van der Waals surface area contributed by atoms with Crippen molar-refractivity contribution in [2.75, 3.05) is 17.6 Å². The van der Waals surface area contributed by atoms with Crippen molar-refractivity contribution in [1.82, 2.24) is 4.98 Å². The van der Waals surface area contributed by atoms with Gasteiger partial charge in [0.1, 0.15) is 5.52 Å². The molecule has 1 saturated carbocycles. The van der Waals surface area contributed by atoms with Crippen molar-refractivity contribution in [2.45, 2.75) is 19.8 Å². The van der Waals surface area contributed by atoms with Crippen LogP contribution in [0.1, 0.15) is 19.8 Å². The van der Waals surface area contributed by atoms with Crippen molar-refractivity contribution >= 4 is 22.8 Å². The van der Waals surface area contributed by atoms with E-state index in [0.717, 1.165) is 17.6 Å². The van der Waals surface area contributed by atoms with E-state index in [0.29, 0.717) is 17.1 Å². The summed E-state index contributed by atoms with van der Waals surface area (Å²) in [6.45, 7) is 3.19. The lowest BCUT2D eigenvalue weighted by Gasteiger charge is -2.06. The van der Waals surface area contributed by atoms with Gasteiger partial charge in [-0.1, -0.05) is 6.92 Å². The Hall–Kier alpha value is -1.71. The van der Waals surface area contributed by atoms with Crippen LogP contribution in [-0.4, -0.2) is 11.5 Å². The Bertz CT molecular complexity index is 528. The van der Waals surface area contributed by atoms with Crippen molar-refractivity contribution in [3.8, 4) is 0 Å². The minimum absolute atomic E-state index is 0.444. The highest BCUT2D eigenvalue weighted by Crippen LogP contribution is 2.44. The molecule has 84 valence electrons. The number of rotatable bonds is 3. The maximum Gasteiger partial charge on any atom is 0.295 e. The minimum atomic E-state index is 0.444. The molecular formula is C12H15N3O. The summed E-state index contributed by atoms with van der Waals surface area (Å²) in [6, 6.07) is 6.09. The van der Waals surface area contributed by atoms with Crippen molar-refractivity contribution < 1.29 is 4.42 Å². The molecule has 1 aliphatic carbocycles. The van der Waals surface area contributed by atoms with Crippen LogP contribution < -0.4 is 11.1 Å². The van der Waals surface area contributed by atoms with Gasteiger partial charge in [-0.3, -0.25) is 0 Å². The summed E-state index contributed by atoms with van der Waals surface area (Å²) in [5, 5.41) is 3.24. The predicted octanol–water partition coefficient (Wildman–Crippen LogP) is 2.62. The maximum absolute atomic E-state index is 5.68. The molecule has 0 saturated heterocycles. The smallest absolute Gasteiger partial charge is 0.295 e. The summed E-state index contributed by atoms with van der Waals surface area (Å²) in [4.78, 5) is 4.35. The van der Waals surface area contributed by atoms with Crippen molar-refractivity contribution in [1.29, 1.82) is 0 Å². The fourth-order valence-corrected chi connectivity index (χ4v) is 1.70. The zero-order valence-electron chi connectivity index (χ0n) is 9.29. The number of anilines is 2. The third-order valence-corrected chi connectivity index (χ3v) is 3.18. The highest BCUT2D eigenvalue weighted by Gasteiger charge is 2.37. The number of nitrogens with two attached hydrogens (primary N) is 1. The van der Waals surface area contributed by atoms with E-state index in [1.807, 2.05) is 12.1 Å². The molecule has 0 aliphatic heterocycles. The monoisotopic (exact) mass is 217 g/mol. The molecule has 0 radical (unpaired) electrons. The van der Waals surface area contributed by atoms with Crippen LogP contribution in [-0.2, 0) is 0 Å². The quantitative estimate of drug-likeness (QED) is 0.776. The third-order valence-electron chi connectivity index (χ3n) is 3.18. The van der Waals surface area contributed by atoms with Gasteiger partial charge >= 0.3 is 0 Å². The van der Waals surface area contributed by atoms with Gasteiger partial charge < -0.3 is 15.5 Å². The number of fused-ring (bicyclic) bond motifs is 1. The van der Waals surface area contributed by atoms with E-state index in [-0.39, 0.29) is 0 Å². The highest BCUT2D eigenvalue weighted by atomic mass is 16.4. The van der Waals surface area contributed by atoms with Crippen LogP contribution in [0.5, 0.6) is 0 Å². The number of hydrogen-bond acceptors (Lipinski definition) is 4. The van der Waals surface area contributed by atoms with E-state index in [9.17, 15) is 0 Å². The first-order valence-electron chi connectivity index (χ1n) is 5.55. The summed E-state index contributed by atoms with van der Waals surface area (Å²) in [6.07, 6.45) is 2.57.